The molecule has 31 heavy (non-hydrogen) atoms. The fourth-order valence-electron chi connectivity index (χ4n) is 4.06. The van der Waals surface area contributed by atoms with Crippen molar-refractivity contribution in [2.45, 2.75) is 38.5 Å². The molecule has 0 radical (unpaired) electrons. The maximum absolute atomic E-state index is 12.9. The topological polar surface area (TPSA) is 108 Å². The third kappa shape index (κ3) is 4.12. The number of carbonyl (C=O) groups excluding carboxylic acids is 4. The number of carbonyl (C=O) groups is 4. The first kappa shape index (κ1) is 20.9. The molecule has 2 aliphatic rings. The second-order valence-corrected chi connectivity index (χ2v) is 7.73. The van der Waals surface area contributed by atoms with E-state index in [1.807, 2.05) is 25.2 Å². The Morgan fingerprint density at radius 2 is 1.65 bits per heavy atom. The molecule has 0 aliphatic carbocycles. The molecule has 1 unspecified atom stereocenters. The molecule has 0 bridgehead atoms. The van der Waals surface area contributed by atoms with Crippen LogP contribution in [0.1, 0.15) is 50.2 Å². The van der Waals surface area contributed by atoms with Crippen molar-refractivity contribution in [2.75, 3.05) is 7.05 Å². The van der Waals surface area contributed by atoms with Gasteiger partial charge in [0.1, 0.15) is 6.04 Å². The minimum atomic E-state index is -0.949. The van der Waals surface area contributed by atoms with E-state index in [1.165, 1.54) is 11.1 Å². The summed E-state index contributed by atoms with van der Waals surface area (Å²) in [7, 11) is 1.91. The lowest BCUT2D eigenvalue weighted by molar-refractivity contribution is -0.136. The molecule has 2 aromatic rings. The molecule has 0 spiro atoms. The van der Waals surface area contributed by atoms with Gasteiger partial charge in [0.2, 0.25) is 11.8 Å². The summed E-state index contributed by atoms with van der Waals surface area (Å²) in [5.74, 6) is -1.97. The SMILES string of the molecule is CNCc1ccccc1CNCc1ccc2c(c1)C(=O)N(C1CCC(=O)NC1=O)C2=O. The fourth-order valence-corrected chi connectivity index (χ4v) is 4.06. The smallest absolute Gasteiger partial charge is 0.262 e. The van der Waals surface area contributed by atoms with E-state index in [2.05, 4.69) is 28.1 Å². The lowest BCUT2D eigenvalue weighted by Gasteiger charge is -2.27. The summed E-state index contributed by atoms with van der Waals surface area (Å²) in [6.07, 6.45) is 0.255. The zero-order valence-corrected chi connectivity index (χ0v) is 17.2. The first-order valence-corrected chi connectivity index (χ1v) is 10.3. The minimum absolute atomic E-state index is 0.105. The Balaban J connectivity index is 1.45. The van der Waals surface area contributed by atoms with Crippen LogP contribution in [0.2, 0.25) is 0 Å². The third-order valence-corrected chi connectivity index (χ3v) is 5.63. The van der Waals surface area contributed by atoms with Crippen molar-refractivity contribution in [3.63, 3.8) is 0 Å². The molecule has 2 aliphatic heterocycles. The largest absolute Gasteiger partial charge is 0.316 e. The van der Waals surface area contributed by atoms with E-state index in [0.29, 0.717) is 18.7 Å². The van der Waals surface area contributed by atoms with Gasteiger partial charge in [-0.2, -0.15) is 0 Å². The van der Waals surface area contributed by atoms with Crippen LogP contribution in [0.25, 0.3) is 0 Å². The Morgan fingerprint density at radius 3 is 2.35 bits per heavy atom. The highest BCUT2D eigenvalue weighted by atomic mass is 16.2. The van der Waals surface area contributed by atoms with E-state index in [0.717, 1.165) is 17.0 Å². The van der Waals surface area contributed by atoms with Gasteiger partial charge in [-0.05, 0) is 42.3 Å². The molecule has 160 valence electrons. The zero-order valence-electron chi connectivity index (χ0n) is 17.2. The van der Waals surface area contributed by atoms with Gasteiger partial charge in [0.05, 0.1) is 11.1 Å². The molecule has 1 atom stereocenters. The molecule has 0 saturated carbocycles. The summed E-state index contributed by atoms with van der Waals surface area (Å²) in [5, 5.41) is 8.74. The van der Waals surface area contributed by atoms with Crippen LogP contribution in [-0.2, 0) is 29.2 Å². The van der Waals surface area contributed by atoms with Crippen LogP contribution >= 0.6 is 0 Å². The van der Waals surface area contributed by atoms with E-state index in [4.69, 9.17) is 0 Å². The summed E-state index contributed by atoms with van der Waals surface area (Å²) in [4.78, 5) is 50.2. The number of nitrogens with one attached hydrogen (secondary N) is 3. The molecule has 3 N–H and O–H groups in total. The third-order valence-electron chi connectivity index (χ3n) is 5.63. The number of hydrogen-bond donors (Lipinski definition) is 3. The molecule has 2 aromatic carbocycles. The van der Waals surface area contributed by atoms with Gasteiger partial charge in [0.25, 0.3) is 11.8 Å². The van der Waals surface area contributed by atoms with Gasteiger partial charge >= 0.3 is 0 Å². The molecule has 8 nitrogen and oxygen atoms in total. The molecule has 8 heteroatoms. The summed E-state index contributed by atoms with van der Waals surface area (Å²) in [6.45, 7) is 1.98. The average molecular weight is 420 g/mol. The molecule has 0 aromatic heterocycles. The van der Waals surface area contributed by atoms with Gasteiger partial charge in [0.15, 0.2) is 0 Å². The Hall–Kier alpha value is -3.36. The van der Waals surface area contributed by atoms with Crippen molar-refractivity contribution in [3.05, 3.63) is 70.3 Å². The average Bonchev–Trinajstić information content (AvgIpc) is 3.00. The number of fused-ring (bicyclic) bond motifs is 1. The first-order chi connectivity index (χ1) is 15.0. The van der Waals surface area contributed by atoms with Crippen LogP contribution in [0.5, 0.6) is 0 Å². The van der Waals surface area contributed by atoms with Gasteiger partial charge in [-0.3, -0.25) is 29.4 Å². The fraction of sp³-hybridized carbons (Fsp3) is 0.304. The summed E-state index contributed by atoms with van der Waals surface area (Å²) in [6, 6.07) is 12.4. The van der Waals surface area contributed by atoms with Gasteiger partial charge in [-0.15, -0.1) is 0 Å². The second-order valence-electron chi connectivity index (χ2n) is 7.73. The van der Waals surface area contributed by atoms with E-state index in [9.17, 15) is 19.2 Å². The molecule has 4 rings (SSSR count). The summed E-state index contributed by atoms with van der Waals surface area (Å²) < 4.78 is 0. The molecule has 1 fully saturated rings. The number of imide groups is 2. The molecule has 4 amide bonds. The van der Waals surface area contributed by atoms with Crippen LogP contribution in [0.15, 0.2) is 42.5 Å². The molecular formula is C23H24N4O4. The second kappa shape index (κ2) is 8.79. The number of amides is 4. The number of benzene rings is 2. The molecule has 2 heterocycles. The predicted molar refractivity (Wildman–Crippen MR) is 113 cm³/mol. The minimum Gasteiger partial charge on any atom is -0.316 e. The standard InChI is InChI=1S/C23H24N4O4/c1-24-12-15-4-2-3-5-16(15)13-25-11-14-6-7-17-18(10-14)23(31)27(22(17)30)19-8-9-20(28)26-21(19)29/h2-7,10,19,24-25H,8-9,11-13H2,1H3,(H,26,28,29). The Labute approximate surface area is 180 Å². The number of piperidine rings is 1. The Kier molecular flexibility index (Phi) is 5.92. The summed E-state index contributed by atoms with van der Waals surface area (Å²) >= 11 is 0. The van der Waals surface area contributed by atoms with Crippen molar-refractivity contribution in [1.82, 2.24) is 20.9 Å². The van der Waals surface area contributed by atoms with E-state index >= 15 is 0 Å². The molecule has 1 saturated heterocycles. The highest BCUT2D eigenvalue weighted by Crippen LogP contribution is 2.28. The van der Waals surface area contributed by atoms with Crippen LogP contribution in [0.3, 0.4) is 0 Å². The van der Waals surface area contributed by atoms with E-state index in [1.54, 1.807) is 12.1 Å². The molecular weight excluding hydrogens is 396 g/mol. The van der Waals surface area contributed by atoms with Crippen molar-refractivity contribution in [1.29, 1.82) is 0 Å². The Morgan fingerprint density at radius 1 is 0.935 bits per heavy atom. The summed E-state index contributed by atoms with van der Waals surface area (Å²) in [5.41, 5.74) is 3.86. The van der Waals surface area contributed by atoms with Crippen molar-refractivity contribution >= 4 is 23.6 Å². The van der Waals surface area contributed by atoms with Crippen LogP contribution in [0.4, 0.5) is 0 Å². The zero-order chi connectivity index (χ0) is 22.0. The van der Waals surface area contributed by atoms with Gasteiger partial charge in [-0.1, -0.05) is 30.3 Å². The predicted octanol–water partition coefficient (Wildman–Crippen LogP) is 1.10. The van der Waals surface area contributed by atoms with Crippen molar-refractivity contribution in [2.24, 2.45) is 0 Å². The number of rotatable bonds is 7. The highest BCUT2D eigenvalue weighted by Gasteiger charge is 2.44. The maximum atomic E-state index is 12.9. The van der Waals surface area contributed by atoms with Crippen molar-refractivity contribution in [3.8, 4) is 0 Å². The monoisotopic (exact) mass is 420 g/mol. The van der Waals surface area contributed by atoms with Crippen LogP contribution in [0, 0.1) is 0 Å². The van der Waals surface area contributed by atoms with Crippen LogP contribution in [-0.4, -0.2) is 41.6 Å². The van der Waals surface area contributed by atoms with Crippen LogP contribution < -0.4 is 16.0 Å². The highest BCUT2D eigenvalue weighted by molar-refractivity contribution is 6.23. The van der Waals surface area contributed by atoms with Crippen molar-refractivity contribution < 1.29 is 19.2 Å². The number of hydrogen-bond acceptors (Lipinski definition) is 6. The normalized spacial score (nSPS) is 18.4. The van der Waals surface area contributed by atoms with Gasteiger partial charge in [0, 0.05) is 26.1 Å². The maximum Gasteiger partial charge on any atom is 0.262 e. The Bertz CT molecular complexity index is 1070. The first-order valence-electron chi connectivity index (χ1n) is 10.3. The lowest BCUT2D eigenvalue weighted by atomic mass is 10.0. The number of nitrogens with zero attached hydrogens (tertiary/aromatic N) is 1. The van der Waals surface area contributed by atoms with Gasteiger partial charge < -0.3 is 10.6 Å². The lowest BCUT2D eigenvalue weighted by Crippen LogP contribution is -2.54. The van der Waals surface area contributed by atoms with Gasteiger partial charge in [-0.25, -0.2) is 0 Å². The van der Waals surface area contributed by atoms with E-state index < -0.39 is 23.8 Å². The van der Waals surface area contributed by atoms with E-state index in [-0.39, 0.29) is 24.3 Å². The quantitative estimate of drug-likeness (QED) is 0.579.